The van der Waals surface area contributed by atoms with Crippen LogP contribution in [0.25, 0.3) is 6.08 Å². The van der Waals surface area contributed by atoms with Crippen LogP contribution in [0, 0.1) is 11.3 Å². The largest absolute Gasteiger partial charge is 0.481 e. The lowest BCUT2D eigenvalue weighted by atomic mass is 9.62. The maximum absolute atomic E-state index is 12.9. The van der Waals surface area contributed by atoms with Gasteiger partial charge >= 0.3 is 5.97 Å². The van der Waals surface area contributed by atoms with Gasteiger partial charge in [0.25, 0.3) is 0 Å². The van der Waals surface area contributed by atoms with E-state index in [2.05, 4.69) is 57.2 Å². The second-order valence-electron chi connectivity index (χ2n) is 12.4. The predicted octanol–water partition coefficient (Wildman–Crippen LogP) is 11.7. The molecule has 1 aromatic rings. The van der Waals surface area contributed by atoms with Gasteiger partial charge < -0.3 is 5.11 Å². The van der Waals surface area contributed by atoms with Gasteiger partial charge in [0, 0.05) is 5.92 Å². The van der Waals surface area contributed by atoms with E-state index in [0.717, 1.165) is 25.7 Å². The molecule has 0 radical (unpaired) electrons. The second-order valence-corrected chi connectivity index (χ2v) is 12.4. The molecule has 2 rings (SSSR count). The normalized spacial score (nSPS) is 19.4. The highest BCUT2D eigenvalue weighted by atomic mass is 16.4. The van der Waals surface area contributed by atoms with Crippen LogP contribution in [-0.2, 0) is 4.79 Å². The number of carbonyl (C=O) groups is 1. The number of carboxylic acid groups (broad SMARTS) is 1. The topological polar surface area (TPSA) is 37.3 Å². The zero-order chi connectivity index (χ0) is 27.5. The van der Waals surface area contributed by atoms with E-state index in [1.165, 1.54) is 120 Å². The van der Waals surface area contributed by atoms with Gasteiger partial charge in [-0.25, -0.2) is 0 Å². The number of unbranched alkanes of at least 4 members (excludes halogenated alkanes) is 16. The Balaban J connectivity index is 1.87. The van der Waals surface area contributed by atoms with Crippen LogP contribution in [-0.4, -0.2) is 11.1 Å². The van der Waals surface area contributed by atoms with Crippen molar-refractivity contribution in [2.45, 2.75) is 162 Å². The van der Waals surface area contributed by atoms with E-state index in [-0.39, 0.29) is 5.92 Å². The molecule has 0 spiro atoms. The molecule has 0 aliphatic heterocycles. The van der Waals surface area contributed by atoms with Crippen LogP contribution in [0.4, 0.5) is 0 Å². The Kier molecular flexibility index (Phi) is 16.7. The third kappa shape index (κ3) is 11.3. The monoisotopic (exact) mass is 524 g/mol. The minimum absolute atomic E-state index is 0.0730. The number of fused-ring (bicyclic) bond motifs is 1. The number of hydrogen-bond acceptors (Lipinski definition) is 1. The molecule has 0 amide bonds. The van der Waals surface area contributed by atoms with E-state index in [1.54, 1.807) is 0 Å². The minimum atomic E-state index is -0.761. The van der Waals surface area contributed by atoms with Crippen LogP contribution >= 0.6 is 0 Å². The van der Waals surface area contributed by atoms with E-state index >= 15 is 0 Å². The van der Waals surface area contributed by atoms with Gasteiger partial charge in [-0.3, -0.25) is 4.79 Å². The maximum atomic E-state index is 12.9. The maximum Gasteiger partial charge on any atom is 0.314 e. The summed E-state index contributed by atoms with van der Waals surface area (Å²) in [6.07, 6.45) is 30.7. The molecule has 3 unspecified atom stereocenters. The van der Waals surface area contributed by atoms with Crippen LogP contribution in [0.5, 0.6) is 0 Å². The van der Waals surface area contributed by atoms with Crippen molar-refractivity contribution >= 4 is 12.0 Å². The van der Waals surface area contributed by atoms with Crippen LogP contribution < -0.4 is 0 Å². The summed E-state index contributed by atoms with van der Waals surface area (Å²) in [5.41, 5.74) is 1.71. The smallest absolute Gasteiger partial charge is 0.314 e. The van der Waals surface area contributed by atoms with Crippen molar-refractivity contribution in [3.05, 3.63) is 41.5 Å². The molecule has 1 aliphatic rings. The van der Waals surface area contributed by atoms with E-state index in [9.17, 15) is 9.90 Å². The number of aliphatic carboxylic acids is 1. The van der Waals surface area contributed by atoms with Gasteiger partial charge in [-0.05, 0) is 29.9 Å². The Labute approximate surface area is 236 Å². The van der Waals surface area contributed by atoms with Crippen molar-refractivity contribution in [1.29, 1.82) is 0 Å². The Morgan fingerprint density at radius 1 is 0.763 bits per heavy atom. The van der Waals surface area contributed by atoms with Crippen LogP contribution in [0.15, 0.2) is 30.3 Å². The van der Waals surface area contributed by atoms with E-state index in [0.29, 0.717) is 5.92 Å². The van der Waals surface area contributed by atoms with Gasteiger partial charge in [-0.15, -0.1) is 0 Å². The lowest BCUT2D eigenvalue weighted by Gasteiger charge is -2.40. The molecular formula is C36H60O2. The Bertz CT molecular complexity index is 781. The van der Waals surface area contributed by atoms with E-state index in [4.69, 9.17) is 0 Å². The minimum Gasteiger partial charge on any atom is -0.481 e. The van der Waals surface area contributed by atoms with Gasteiger partial charge in [-0.2, -0.15) is 0 Å². The molecule has 3 atom stereocenters. The molecule has 0 fully saturated rings. The van der Waals surface area contributed by atoms with Gasteiger partial charge in [0.1, 0.15) is 0 Å². The third-order valence-corrected chi connectivity index (χ3v) is 9.08. The van der Waals surface area contributed by atoms with E-state index < -0.39 is 11.4 Å². The van der Waals surface area contributed by atoms with Crippen LogP contribution in [0.1, 0.15) is 173 Å². The zero-order valence-electron chi connectivity index (χ0n) is 25.3. The second kappa shape index (κ2) is 19.5. The number of hydrogen-bond donors (Lipinski definition) is 1. The molecule has 1 N–H and O–H groups in total. The van der Waals surface area contributed by atoms with Crippen molar-refractivity contribution in [3.8, 4) is 0 Å². The summed E-state index contributed by atoms with van der Waals surface area (Å²) >= 11 is 0. The Morgan fingerprint density at radius 2 is 1.26 bits per heavy atom. The van der Waals surface area contributed by atoms with Crippen LogP contribution in [0.3, 0.4) is 0 Å². The SMILES string of the molecule is CCCCCCCCCCCCC(C)CC1c2ccccc2C=CC1(CCCCCCCCCC)C(=O)O. The number of rotatable bonds is 23. The molecule has 0 heterocycles. The summed E-state index contributed by atoms with van der Waals surface area (Å²) in [4.78, 5) is 12.9. The summed E-state index contributed by atoms with van der Waals surface area (Å²) < 4.78 is 0. The molecule has 38 heavy (non-hydrogen) atoms. The molecule has 1 aliphatic carbocycles. The van der Waals surface area contributed by atoms with Crippen molar-refractivity contribution in [2.24, 2.45) is 11.3 Å². The molecule has 2 heteroatoms. The van der Waals surface area contributed by atoms with E-state index in [1.807, 2.05) is 0 Å². The fourth-order valence-corrected chi connectivity index (χ4v) is 6.59. The average Bonchev–Trinajstić information content (AvgIpc) is 2.92. The number of benzene rings is 1. The van der Waals surface area contributed by atoms with Gasteiger partial charge in [0.2, 0.25) is 0 Å². The highest BCUT2D eigenvalue weighted by molar-refractivity contribution is 5.82. The third-order valence-electron chi connectivity index (χ3n) is 9.08. The molecule has 0 bridgehead atoms. The first-order valence-electron chi connectivity index (χ1n) is 16.6. The summed E-state index contributed by atoms with van der Waals surface area (Å²) in [5, 5.41) is 10.6. The quantitative estimate of drug-likeness (QED) is 0.144. The van der Waals surface area contributed by atoms with Gasteiger partial charge in [-0.1, -0.05) is 179 Å². The molecule has 2 nitrogen and oxygen atoms in total. The first kappa shape index (κ1) is 32.6. The molecule has 0 saturated carbocycles. The molecule has 216 valence electrons. The zero-order valence-corrected chi connectivity index (χ0v) is 25.3. The van der Waals surface area contributed by atoms with Gasteiger partial charge in [0.05, 0.1) is 5.41 Å². The highest BCUT2D eigenvalue weighted by Crippen LogP contribution is 2.50. The average molecular weight is 525 g/mol. The van der Waals surface area contributed by atoms with Crippen LogP contribution in [0.2, 0.25) is 0 Å². The standard InChI is InChI=1S/C36H60O2/c1-4-6-8-10-12-14-15-16-18-20-24-31(3)30-34-33-26-22-21-25-32(33)27-29-36(34,35(37)38)28-23-19-17-13-11-9-7-5-2/h21-22,25-27,29,31,34H,4-20,23-24,28,30H2,1-3H3,(H,37,38). The van der Waals surface area contributed by atoms with Crippen molar-refractivity contribution in [2.75, 3.05) is 0 Å². The molecule has 1 aromatic carbocycles. The fourth-order valence-electron chi connectivity index (χ4n) is 6.59. The summed E-state index contributed by atoms with van der Waals surface area (Å²) in [6.45, 7) is 6.90. The predicted molar refractivity (Wildman–Crippen MR) is 166 cm³/mol. The van der Waals surface area contributed by atoms with Crippen molar-refractivity contribution < 1.29 is 9.90 Å². The first-order chi connectivity index (χ1) is 18.5. The lowest BCUT2D eigenvalue weighted by Crippen LogP contribution is -2.38. The lowest BCUT2D eigenvalue weighted by molar-refractivity contribution is -0.148. The number of carboxylic acids is 1. The summed E-state index contributed by atoms with van der Waals surface area (Å²) in [6, 6.07) is 8.54. The molecule has 0 saturated heterocycles. The molecular weight excluding hydrogens is 464 g/mol. The first-order valence-corrected chi connectivity index (χ1v) is 16.6. The van der Waals surface area contributed by atoms with Gasteiger partial charge in [0.15, 0.2) is 0 Å². The van der Waals surface area contributed by atoms with Crippen molar-refractivity contribution in [3.63, 3.8) is 0 Å². The Hall–Kier alpha value is -1.57. The molecule has 0 aromatic heterocycles. The fraction of sp³-hybridized carbons (Fsp3) is 0.750. The highest BCUT2D eigenvalue weighted by Gasteiger charge is 2.46. The summed E-state index contributed by atoms with van der Waals surface area (Å²) in [5.74, 6) is -0.00268. The van der Waals surface area contributed by atoms with Crippen molar-refractivity contribution in [1.82, 2.24) is 0 Å². The Morgan fingerprint density at radius 3 is 1.82 bits per heavy atom. The summed E-state index contributed by atoms with van der Waals surface area (Å²) in [7, 11) is 0.